The van der Waals surface area contributed by atoms with Gasteiger partial charge in [-0.05, 0) is 31.5 Å². The van der Waals surface area contributed by atoms with E-state index in [0.29, 0.717) is 11.1 Å². The first-order chi connectivity index (χ1) is 7.72. The molecule has 1 atom stereocenters. The molecular weight excluding hydrogens is 231 g/mol. The highest BCUT2D eigenvalue weighted by Crippen LogP contribution is 2.42. The normalized spacial score (nSPS) is 15.7. The van der Waals surface area contributed by atoms with Crippen molar-refractivity contribution >= 4 is 0 Å². The lowest BCUT2D eigenvalue weighted by Gasteiger charge is -2.32. The third-order valence-corrected chi connectivity index (χ3v) is 2.81. The number of benzene rings is 1. The van der Waals surface area contributed by atoms with Gasteiger partial charge in [-0.15, -0.1) is 0 Å². The number of aliphatic hydroxyl groups is 1. The Morgan fingerprint density at radius 1 is 1.24 bits per heavy atom. The highest BCUT2D eigenvalue weighted by molar-refractivity contribution is 5.36. The number of hydrogen-bond donors (Lipinski definition) is 2. The van der Waals surface area contributed by atoms with E-state index >= 15 is 0 Å². The zero-order valence-electron chi connectivity index (χ0n) is 9.80. The Bertz CT molecular complexity index is 403. The molecule has 0 radical (unpaired) electrons. The molecule has 0 aliphatic carbocycles. The lowest BCUT2D eigenvalue weighted by Crippen LogP contribution is -2.44. The minimum Gasteiger partial charge on any atom is -0.376 e. The van der Waals surface area contributed by atoms with Gasteiger partial charge < -0.3 is 10.8 Å². The number of alkyl halides is 3. The molecule has 0 heterocycles. The fraction of sp³-hybridized carbons (Fsp3) is 0.500. The van der Waals surface area contributed by atoms with Crippen LogP contribution in [0, 0.1) is 13.8 Å². The van der Waals surface area contributed by atoms with Gasteiger partial charge in [0, 0.05) is 6.42 Å². The Hall–Kier alpha value is -1.07. The summed E-state index contributed by atoms with van der Waals surface area (Å²) in [5.74, 6) is 0. The van der Waals surface area contributed by atoms with Gasteiger partial charge in [-0.3, -0.25) is 0 Å². The summed E-state index contributed by atoms with van der Waals surface area (Å²) in [6.07, 6.45) is -5.27. The molecule has 2 nitrogen and oxygen atoms in total. The monoisotopic (exact) mass is 247 g/mol. The van der Waals surface area contributed by atoms with E-state index in [4.69, 9.17) is 5.73 Å². The Morgan fingerprint density at radius 3 is 2.29 bits per heavy atom. The molecule has 0 aromatic heterocycles. The lowest BCUT2D eigenvalue weighted by molar-refractivity contribution is -0.268. The van der Waals surface area contributed by atoms with E-state index in [-0.39, 0.29) is 12.1 Å². The first-order valence-electron chi connectivity index (χ1n) is 5.29. The number of hydrogen-bond acceptors (Lipinski definition) is 2. The van der Waals surface area contributed by atoms with E-state index in [1.807, 2.05) is 0 Å². The summed E-state index contributed by atoms with van der Waals surface area (Å²) in [6, 6.07) is 4.63. The first-order valence-corrected chi connectivity index (χ1v) is 5.29. The van der Waals surface area contributed by atoms with Gasteiger partial charge in [0.05, 0.1) is 0 Å². The molecule has 1 unspecified atom stereocenters. The van der Waals surface area contributed by atoms with E-state index < -0.39 is 18.2 Å². The third-order valence-electron chi connectivity index (χ3n) is 2.81. The van der Waals surface area contributed by atoms with Crippen LogP contribution in [0.1, 0.15) is 23.1 Å². The van der Waals surface area contributed by atoms with Crippen molar-refractivity contribution < 1.29 is 18.3 Å². The summed E-state index contributed by atoms with van der Waals surface area (Å²) in [5.41, 5.74) is 3.28. The molecule has 1 aromatic rings. The SMILES string of the molecule is Cc1ccc(C)c(C(O)(CCN)C(F)(F)F)c1. The molecule has 0 aliphatic heterocycles. The topological polar surface area (TPSA) is 46.2 Å². The standard InChI is InChI=1S/C12H16F3NO/c1-8-3-4-9(2)10(7-8)11(17,5-6-16)12(13,14)15/h3-4,7,17H,5-6,16H2,1-2H3. The van der Waals surface area contributed by atoms with Crippen LogP contribution in [0.5, 0.6) is 0 Å². The van der Waals surface area contributed by atoms with Crippen molar-refractivity contribution in [3.63, 3.8) is 0 Å². The molecule has 0 aliphatic rings. The molecule has 17 heavy (non-hydrogen) atoms. The zero-order valence-corrected chi connectivity index (χ0v) is 9.80. The fourth-order valence-corrected chi connectivity index (χ4v) is 1.82. The van der Waals surface area contributed by atoms with Gasteiger partial charge in [-0.25, -0.2) is 0 Å². The Labute approximate surface area is 98.3 Å². The van der Waals surface area contributed by atoms with Crippen LogP contribution in [0.15, 0.2) is 18.2 Å². The average molecular weight is 247 g/mol. The van der Waals surface area contributed by atoms with E-state index in [2.05, 4.69) is 0 Å². The van der Waals surface area contributed by atoms with Gasteiger partial charge in [0.2, 0.25) is 0 Å². The predicted molar refractivity (Wildman–Crippen MR) is 59.5 cm³/mol. The molecule has 0 amide bonds. The number of aryl methyl sites for hydroxylation is 2. The molecule has 0 spiro atoms. The molecule has 0 fully saturated rings. The van der Waals surface area contributed by atoms with E-state index in [1.54, 1.807) is 26.0 Å². The minimum atomic E-state index is -4.73. The third kappa shape index (κ3) is 2.61. The van der Waals surface area contributed by atoms with Crippen LogP contribution in [-0.2, 0) is 5.60 Å². The Kier molecular flexibility index (Phi) is 3.84. The maximum atomic E-state index is 13.0. The summed E-state index contributed by atoms with van der Waals surface area (Å²) in [6.45, 7) is 2.99. The smallest absolute Gasteiger partial charge is 0.376 e. The lowest BCUT2D eigenvalue weighted by atomic mass is 9.86. The molecule has 0 saturated heterocycles. The predicted octanol–water partition coefficient (Wildman–Crippen LogP) is 2.40. The van der Waals surface area contributed by atoms with Crippen molar-refractivity contribution in [2.45, 2.75) is 32.0 Å². The van der Waals surface area contributed by atoms with Crippen molar-refractivity contribution in [1.82, 2.24) is 0 Å². The van der Waals surface area contributed by atoms with Crippen LogP contribution in [-0.4, -0.2) is 17.8 Å². The van der Waals surface area contributed by atoms with Crippen molar-refractivity contribution in [3.8, 4) is 0 Å². The summed E-state index contributed by atoms with van der Waals surface area (Å²) in [5, 5.41) is 9.92. The quantitative estimate of drug-likeness (QED) is 0.861. The first kappa shape index (κ1) is 14.0. The summed E-state index contributed by atoms with van der Waals surface area (Å²) in [7, 11) is 0. The highest BCUT2D eigenvalue weighted by atomic mass is 19.4. The number of halogens is 3. The molecular formula is C12H16F3NO. The summed E-state index contributed by atoms with van der Waals surface area (Å²) >= 11 is 0. The Morgan fingerprint density at radius 2 is 1.82 bits per heavy atom. The second-order valence-electron chi connectivity index (χ2n) is 4.22. The van der Waals surface area contributed by atoms with Gasteiger partial charge in [0.1, 0.15) is 0 Å². The fourth-order valence-electron chi connectivity index (χ4n) is 1.82. The number of rotatable bonds is 3. The average Bonchev–Trinajstić information content (AvgIpc) is 2.20. The van der Waals surface area contributed by atoms with Gasteiger partial charge >= 0.3 is 6.18 Å². The molecule has 1 rings (SSSR count). The summed E-state index contributed by atoms with van der Waals surface area (Å²) in [4.78, 5) is 0. The molecule has 3 N–H and O–H groups in total. The second-order valence-corrected chi connectivity index (χ2v) is 4.22. The van der Waals surface area contributed by atoms with Crippen LogP contribution in [0.25, 0.3) is 0 Å². The molecule has 0 bridgehead atoms. The van der Waals surface area contributed by atoms with Crippen molar-refractivity contribution in [2.75, 3.05) is 6.54 Å². The van der Waals surface area contributed by atoms with Gasteiger partial charge in [-0.2, -0.15) is 13.2 Å². The molecule has 5 heteroatoms. The van der Waals surface area contributed by atoms with Crippen molar-refractivity contribution in [1.29, 1.82) is 0 Å². The van der Waals surface area contributed by atoms with Crippen LogP contribution in [0.3, 0.4) is 0 Å². The summed E-state index contributed by atoms with van der Waals surface area (Å²) < 4.78 is 38.9. The number of nitrogens with two attached hydrogens (primary N) is 1. The molecule has 96 valence electrons. The zero-order chi connectivity index (χ0) is 13.3. The van der Waals surface area contributed by atoms with Crippen LogP contribution < -0.4 is 5.73 Å². The molecule has 1 aromatic carbocycles. The second kappa shape index (κ2) is 4.66. The maximum absolute atomic E-state index is 13.0. The van der Waals surface area contributed by atoms with Gasteiger partial charge in [0.25, 0.3) is 0 Å². The Balaban J connectivity index is 3.37. The van der Waals surface area contributed by atoms with Gasteiger partial charge in [-0.1, -0.05) is 23.8 Å². The molecule has 0 saturated carbocycles. The van der Waals surface area contributed by atoms with Crippen LogP contribution in [0.4, 0.5) is 13.2 Å². The maximum Gasteiger partial charge on any atom is 0.421 e. The van der Waals surface area contributed by atoms with Crippen molar-refractivity contribution in [2.24, 2.45) is 5.73 Å². The van der Waals surface area contributed by atoms with E-state index in [0.717, 1.165) is 0 Å². The van der Waals surface area contributed by atoms with E-state index in [1.165, 1.54) is 6.07 Å². The van der Waals surface area contributed by atoms with Crippen molar-refractivity contribution in [3.05, 3.63) is 34.9 Å². The van der Waals surface area contributed by atoms with Crippen LogP contribution in [0.2, 0.25) is 0 Å². The minimum absolute atomic E-state index is 0.115. The van der Waals surface area contributed by atoms with Crippen LogP contribution >= 0.6 is 0 Å². The van der Waals surface area contributed by atoms with Gasteiger partial charge in [0.15, 0.2) is 5.60 Å². The largest absolute Gasteiger partial charge is 0.421 e. The highest BCUT2D eigenvalue weighted by Gasteiger charge is 2.54. The van der Waals surface area contributed by atoms with E-state index in [9.17, 15) is 18.3 Å².